The van der Waals surface area contributed by atoms with Crippen LogP contribution in [0.25, 0.3) is 0 Å². The zero-order chi connectivity index (χ0) is 10.0. The molecule has 0 aliphatic rings. The summed E-state index contributed by atoms with van der Waals surface area (Å²) in [6, 6.07) is 1.79. The fourth-order valence-corrected chi connectivity index (χ4v) is 1.75. The molecule has 0 atom stereocenters. The molecule has 0 aliphatic carbocycles. The summed E-state index contributed by atoms with van der Waals surface area (Å²) >= 11 is 1.51. The van der Waals surface area contributed by atoms with Gasteiger partial charge < -0.3 is 5.11 Å². The highest BCUT2D eigenvalue weighted by atomic mass is 32.2. The number of hydrogen-bond acceptors (Lipinski definition) is 3. The number of hydrogen-bond donors (Lipinski definition) is 1. The van der Waals surface area contributed by atoms with Crippen LogP contribution in [0.15, 0.2) is 11.1 Å². The molecule has 0 aromatic carbocycles. The topological polar surface area (TPSA) is 50.2 Å². The lowest BCUT2D eigenvalue weighted by Gasteiger charge is -2.05. The average molecular weight is 197 g/mol. The van der Waals surface area contributed by atoms with Gasteiger partial charge in [0.1, 0.15) is 0 Å². The van der Waals surface area contributed by atoms with Gasteiger partial charge in [0.05, 0.1) is 16.3 Å². The Morgan fingerprint density at radius 1 is 1.54 bits per heavy atom. The Morgan fingerprint density at radius 3 is 2.54 bits per heavy atom. The summed E-state index contributed by atoms with van der Waals surface area (Å²) in [6.07, 6.45) is 1.92. The third-order valence-corrected chi connectivity index (χ3v) is 2.42. The first-order valence-corrected chi connectivity index (χ1v) is 5.04. The second-order valence-corrected chi connectivity index (χ2v) is 3.57. The van der Waals surface area contributed by atoms with E-state index < -0.39 is 5.97 Å². The Labute approximate surface area is 81.2 Å². The molecule has 1 aromatic heterocycles. The standard InChI is InChI=1S/C9H11NO2S/c1-5-4-7(13-3)10-6(2)8(5)9(11)12/h4H,1-3H3,(H,11,12). The molecule has 1 rings (SSSR count). The van der Waals surface area contributed by atoms with Gasteiger partial charge in [0.25, 0.3) is 0 Å². The summed E-state index contributed by atoms with van der Waals surface area (Å²) in [4.78, 5) is 15.0. The van der Waals surface area contributed by atoms with E-state index in [1.807, 2.05) is 6.26 Å². The number of aromatic carboxylic acids is 1. The Kier molecular flexibility index (Phi) is 2.93. The summed E-state index contributed by atoms with van der Waals surface area (Å²) in [7, 11) is 0. The molecule has 0 radical (unpaired) electrons. The van der Waals surface area contributed by atoms with E-state index in [0.29, 0.717) is 11.3 Å². The molecule has 70 valence electrons. The van der Waals surface area contributed by atoms with Gasteiger partial charge in [-0.1, -0.05) is 0 Å². The first-order valence-electron chi connectivity index (χ1n) is 3.81. The van der Waals surface area contributed by atoms with Crippen molar-refractivity contribution in [2.45, 2.75) is 18.9 Å². The van der Waals surface area contributed by atoms with E-state index in [0.717, 1.165) is 10.6 Å². The minimum absolute atomic E-state index is 0.317. The largest absolute Gasteiger partial charge is 0.478 e. The lowest BCUT2D eigenvalue weighted by Crippen LogP contribution is -2.05. The number of pyridine rings is 1. The zero-order valence-electron chi connectivity index (χ0n) is 7.79. The number of carboxylic acid groups (broad SMARTS) is 1. The number of thioether (sulfide) groups is 1. The molecule has 3 nitrogen and oxygen atoms in total. The summed E-state index contributed by atoms with van der Waals surface area (Å²) in [6.45, 7) is 3.51. The molecule has 0 saturated carbocycles. The maximum atomic E-state index is 10.8. The predicted octanol–water partition coefficient (Wildman–Crippen LogP) is 2.12. The first-order chi connectivity index (χ1) is 6.06. The number of aromatic nitrogens is 1. The van der Waals surface area contributed by atoms with Gasteiger partial charge in [-0.3, -0.25) is 0 Å². The molecule has 1 aromatic rings. The average Bonchev–Trinajstić information content (AvgIpc) is 2.02. The van der Waals surface area contributed by atoms with Crippen molar-refractivity contribution in [3.05, 3.63) is 22.9 Å². The van der Waals surface area contributed by atoms with Crippen molar-refractivity contribution < 1.29 is 9.90 Å². The Hall–Kier alpha value is -1.03. The van der Waals surface area contributed by atoms with Gasteiger partial charge in [0.15, 0.2) is 0 Å². The quantitative estimate of drug-likeness (QED) is 0.738. The van der Waals surface area contributed by atoms with E-state index in [2.05, 4.69) is 4.98 Å². The second-order valence-electron chi connectivity index (χ2n) is 2.75. The van der Waals surface area contributed by atoms with Gasteiger partial charge in [-0.25, -0.2) is 9.78 Å². The van der Waals surface area contributed by atoms with Crippen molar-refractivity contribution in [2.75, 3.05) is 6.26 Å². The van der Waals surface area contributed by atoms with Crippen LogP contribution in [0.1, 0.15) is 21.6 Å². The van der Waals surface area contributed by atoms with Crippen molar-refractivity contribution in [1.29, 1.82) is 0 Å². The van der Waals surface area contributed by atoms with Crippen LogP contribution < -0.4 is 0 Å². The summed E-state index contributed by atoms with van der Waals surface area (Å²) in [5, 5.41) is 9.72. The van der Waals surface area contributed by atoms with Crippen LogP contribution in [0.2, 0.25) is 0 Å². The van der Waals surface area contributed by atoms with Crippen molar-refractivity contribution in [2.24, 2.45) is 0 Å². The molecule has 13 heavy (non-hydrogen) atoms. The SMILES string of the molecule is CSc1cc(C)c(C(=O)O)c(C)n1. The molecule has 0 spiro atoms. The van der Waals surface area contributed by atoms with Crippen molar-refractivity contribution in [3.8, 4) is 0 Å². The van der Waals surface area contributed by atoms with Gasteiger partial charge >= 0.3 is 5.97 Å². The maximum Gasteiger partial charge on any atom is 0.337 e. The van der Waals surface area contributed by atoms with Gasteiger partial charge in [0, 0.05) is 0 Å². The highest BCUT2D eigenvalue weighted by Gasteiger charge is 2.12. The molecule has 0 bridgehead atoms. The van der Waals surface area contributed by atoms with Gasteiger partial charge in [-0.05, 0) is 31.7 Å². The highest BCUT2D eigenvalue weighted by Crippen LogP contribution is 2.18. The molecule has 0 saturated heterocycles. The predicted molar refractivity (Wildman–Crippen MR) is 52.5 cm³/mol. The van der Waals surface area contributed by atoms with E-state index in [1.165, 1.54) is 11.8 Å². The lowest BCUT2D eigenvalue weighted by atomic mass is 10.1. The van der Waals surface area contributed by atoms with Crippen LogP contribution in [0.4, 0.5) is 0 Å². The highest BCUT2D eigenvalue weighted by molar-refractivity contribution is 7.98. The molecule has 0 unspecified atom stereocenters. The van der Waals surface area contributed by atoms with Crippen LogP contribution in [0.3, 0.4) is 0 Å². The van der Waals surface area contributed by atoms with Crippen molar-refractivity contribution >= 4 is 17.7 Å². The number of carbonyl (C=O) groups is 1. The van der Waals surface area contributed by atoms with Crippen LogP contribution in [0, 0.1) is 13.8 Å². The fourth-order valence-electron chi connectivity index (χ4n) is 1.22. The monoisotopic (exact) mass is 197 g/mol. The molecule has 4 heteroatoms. The smallest absolute Gasteiger partial charge is 0.337 e. The summed E-state index contributed by atoms with van der Waals surface area (Å²) in [5.41, 5.74) is 1.67. The van der Waals surface area contributed by atoms with Gasteiger partial charge in [-0.15, -0.1) is 11.8 Å². The minimum Gasteiger partial charge on any atom is -0.478 e. The van der Waals surface area contributed by atoms with E-state index in [-0.39, 0.29) is 0 Å². The second kappa shape index (κ2) is 3.79. The minimum atomic E-state index is -0.907. The normalized spacial score (nSPS) is 10.1. The van der Waals surface area contributed by atoms with Crippen molar-refractivity contribution in [1.82, 2.24) is 4.98 Å². The van der Waals surface area contributed by atoms with E-state index >= 15 is 0 Å². The maximum absolute atomic E-state index is 10.8. The Morgan fingerprint density at radius 2 is 2.15 bits per heavy atom. The molecule has 0 amide bonds. The number of rotatable bonds is 2. The molecular formula is C9H11NO2S. The number of carboxylic acids is 1. The molecule has 1 N–H and O–H groups in total. The van der Waals surface area contributed by atoms with E-state index in [9.17, 15) is 4.79 Å². The fraction of sp³-hybridized carbons (Fsp3) is 0.333. The van der Waals surface area contributed by atoms with Crippen molar-refractivity contribution in [3.63, 3.8) is 0 Å². The summed E-state index contributed by atoms with van der Waals surface area (Å²) in [5.74, 6) is -0.907. The number of aryl methyl sites for hydroxylation is 2. The molecular weight excluding hydrogens is 186 g/mol. The third-order valence-electron chi connectivity index (χ3n) is 1.80. The third kappa shape index (κ3) is 2.01. The van der Waals surface area contributed by atoms with Crippen LogP contribution >= 0.6 is 11.8 Å². The van der Waals surface area contributed by atoms with Gasteiger partial charge in [-0.2, -0.15) is 0 Å². The summed E-state index contributed by atoms with van der Waals surface area (Å²) < 4.78 is 0. The molecule has 0 fully saturated rings. The first kappa shape index (κ1) is 10.1. The lowest BCUT2D eigenvalue weighted by molar-refractivity contribution is 0.0694. The van der Waals surface area contributed by atoms with Gasteiger partial charge in [0.2, 0.25) is 0 Å². The van der Waals surface area contributed by atoms with Crippen LogP contribution in [-0.2, 0) is 0 Å². The Balaban J connectivity index is 3.31. The molecule has 0 aliphatic heterocycles. The molecule has 1 heterocycles. The zero-order valence-corrected chi connectivity index (χ0v) is 8.60. The van der Waals surface area contributed by atoms with E-state index in [4.69, 9.17) is 5.11 Å². The van der Waals surface area contributed by atoms with Crippen LogP contribution in [-0.4, -0.2) is 22.3 Å². The van der Waals surface area contributed by atoms with E-state index in [1.54, 1.807) is 19.9 Å². The Bertz CT molecular complexity index is 326. The number of nitrogens with zero attached hydrogens (tertiary/aromatic N) is 1. The van der Waals surface area contributed by atoms with Crippen LogP contribution in [0.5, 0.6) is 0 Å².